The zero-order chi connectivity index (χ0) is 18.8. The molecular formula is C18H25N3O2S2. The van der Waals surface area contributed by atoms with E-state index in [1.54, 1.807) is 10.6 Å². The van der Waals surface area contributed by atoms with E-state index in [9.17, 15) is 9.59 Å². The van der Waals surface area contributed by atoms with Crippen molar-refractivity contribution in [2.75, 3.05) is 5.75 Å². The van der Waals surface area contributed by atoms with Crippen molar-refractivity contribution in [3.05, 3.63) is 33.4 Å². The minimum absolute atomic E-state index is 0.0603. The number of aromatic nitrogens is 2. The van der Waals surface area contributed by atoms with Gasteiger partial charge in [-0.1, -0.05) is 24.8 Å². The fourth-order valence-electron chi connectivity index (χ4n) is 2.34. The Morgan fingerprint density at radius 1 is 1.44 bits per heavy atom. The molecule has 0 unspecified atom stereocenters. The van der Waals surface area contributed by atoms with Crippen molar-refractivity contribution in [1.82, 2.24) is 14.9 Å². The van der Waals surface area contributed by atoms with E-state index in [1.807, 2.05) is 34.6 Å². The summed E-state index contributed by atoms with van der Waals surface area (Å²) in [6, 6.07) is 0. The molecule has 0 spiro atoms. The van der Waals surface area contributed by atoms with Gasteiger partial charge >= 0.3 is 0 Å². The lowest BCUT2D eigenvalue weighted by atomic mass is 10.0. The average molecular weight is 380 g/mol. The number of amides is 1. The Bertz CT molecular complexity index is 865. The number of thioether (sulfide) groups is 1. The third-order valence-corrected chi connectivity index (χ3v) is 6.34. The number of fused-ring (bicyclic) bond motifs is 1. The zero-order valence-electron chi connectivity index (χ0n) is 15.4. The molecule has 2 heterocycles. The van der Waals surface area contributed by atoms with Gasteiger partial charge in [-0.3, -0.25) is 14.2 Å². The van der Waals surface area contributed by atoms with E-state index in [2.05, 4.69) is 16.9 Å². The number of carbonyl (C=O) groups excluding carboxylic acids is 1. The minimum atomic E-state index is -0.238. The minimum Gasteiger partial charge on any atom is -0.351 e. The van der Waals surface area contributed by atoms with Crippen LogP contribution in [0.25, 0.3) is 10.2 Å². The molecule has 2 rings (SSSR count). The molecule has 25 heavy (non-hydrogen) atoms. The summed E-state index contributed by atoms with van der Waals surface area (Å²) in [6.45, 7) is 14.1. The maximum absolute atomic E-state index is 12.9. The second kappa shape index (κ2) is 7.74. The highest BCUT2D eigenvalue weighted by molar-refractivity contribution is 7.99. The van der Waals surface area contributed by atoms with Crippen molar-refractivity contribution in [3.8, 4) is 0 Å². The van der Waals surface area contributed by atoms with E-state index in [0.717, 1.165) is 21.7 Å². The first-order chi connectivity index (χ1) is 11.7. The lowest BCUT2D eigenvalue weighted by Gasteiger charge is -2.24. The number of nitrogens with zero attached hydrogens (tertiary/aromatic N) is 2. The maximum atomic E-state index is 12.9. The summed E-state index contributed by atoms with van der Waals surface area (Å²) < 4.78 is 1.59. The van der Waals surface area contributed by atoms with E-state index < -0.39 is 0 Å². The summed E-state index contributed by atoms with van der Waals surface area (Å²) in [6.07, 6.45) is 2.52. The highest BCUT2D eigenvalue weighted by Gasteiger charge is 2.20. The molecule has 0 bridgehead atoms. The Morgan fingerprint density at radius 3 is 2.72 bits per heavy atom. The number of hydrogen-bond acceptors (Lipinski definition) is 5. The van der Waals surface area contributed by atoms with E-state index in [-0.39, 0.29) is 22.8 Å². The third kappa shape index (κ3) is 4.33. The Kier molecular flexibility index (Phi) is 6.11. The molecule has 0 aromatic carbocycles. The Hall–Kier alpha value is -1.60. The lowest BCUT2D eigenvalue weighted by molar-refractivity contribution is -0.120. The van der Waals surface area contributed by atoms with Gasteiger partial charge < -0.3 is 5.32 Å². The van der Waals surface area contributed by atoms with Crippen LogP contribution in [0.5, 0.6) is 0 Å². The van der Waals surface area contributed by atoms with Crippen LogP contribution < -0.4 is 10.9 Å². The van der Waals surface area contributed by atoms with E-state index >= 15 is 0 Å². The molecule has 0 fully saturated rings. The summed E-state index contributed by atoms with van der Waals surface area (Å²) in [7, 11) is 0. The molecule has 7 heteroatoms. The summed E-state index contributed by atoms with van der Waals surface area (Å²) in [5.74, 6) is 0.164. The van der Waals surface area contributed by atoms with Crippen LogP contribution in [0.3, 0.4) is 0 Å². The van der Waals surface area contributed by atoms with Crippen LogP contribution in [-0.2, 0) is 11.3 Å². The largest absolute Gasteiger partial charge is 0.351 e. The quantitative estimate of drug-likeness (QED) is 0.453. The average Bonchev–Trinajstić information content (AvgIpc) is 2.83. The van der Waals surface area contributed by atoms with Crippen molar-refractivity contribution in [3.63, 3.8) is 0 Å². The topological polar surface area (TPSA) is 64.0 Å². The van der Waals surface area contributed by atoms with Crippen LogP contribution in [0.15, 0.2) is 22.6 Å². The molecule has 0 aliphatic rings. The highest BCUT2D eigenvalue weighted by atomic mass is 32.2. The van der Waals surface area contributed by atoms with Crippen molar-refractivity contribution in [2.45, 2.75) is 58.3 Å². The second-order valence-corrected chi connectivity index (χ2v) is 8.78. The number of nitrogens with one attached hydrogen (secondary N) is 1. The number of allylic oxidation sites excluding steroid dienone is 1. The third-order valence-electron chi connectivity index (χ3n) is 4.26. The van der Waals surface area contributed by atoms with E-state index in [1.165, 1.54) is 23.1 Å². The normalized spacial score (nSPS) is 11.7. The van der Waals surface area contributed by atoms with Crippen LogP contribution in [0.4, 0.5) is 0 Å². The molecular weight excluding hydrogens is 354 g/mol. The number of aryl methyl sites for hydroxylation is 2. The predicted octanol–water partition coefficient (Wildman–Crippen LogP) is 3.66. The van der Waals surface area contributed by atoms with Crippen molar-refractivity contribution in [1.29, 1.82) is 0 Å². The first kappa shape index (κ1) is 19.7. The zero-order valence-corrected chi connectivity index (χ0v) is 17.1. The monoisotopic (exact) mass is 379 g/mol. The lowest BCUT2D eigenvalue weighted by Crippen LogP contribution is -2.43. The van der Waals surface area contributed by atoms with Gasteiger partial charge in [0.1, 0.15) is 4.83 Å². The standard InChI is InChI=1S/C18H25N3O2S2/c1-7-9-21-16(23)14-11(3)12(4)25-15(14)19-17(21)24-10-13(22)20-18(5,6)8-2/h7H,1,8-10H2,2-6H3,(H,20,22). The number of carbonyl (C=O) groups is 1. The van der Waals surface area contributed by atoms with Crippen LogP contribution in [0.1, 0.15) is 37.6 Å². The fourth-order valence-corrected chi connectivity index (χ4v) is 4.22. The van der Waals surface area contributed by atoms with Gasteiger partial charge in [-0.15, -0.1) is 17.9 Å². The first-order valence-electron chi connectivity index (χ1n) is 8.25. The number of hydrogen-bond donors (Lipinski definition) is 1. The maximum Gasteiger partial charge on any atom is 0.263 e. The van der Waals surface area contributed by atoms with Gasteiger partial charge in [0.25, 0.3) is 5.56 Å². The number of thiophene rings is 1. The van der Waals surface area contributed by atoms with Crippen LogP contribution in [-0.4, -0.2) is 26.8 Å². The molecule has 2 aromatic rings. The van der Waals surface area contributed by atoms with E-state index in [0.29, 0.717) is 17.1 Å². The second-order valence-electron chi connectivity index (χ2n) is 6.64. The molecule has 0 atom stereocenters. The SMILES string of the molecule is C=CCn1c(SCC(=O)NC(C)(C)CC)nc2sc(C)c(C)c2c1=O. The van der Waals surface area contributed by atoms with Gasteiger partial charge in [-0.25, -0.2) is 4.98 Å². The van der Waals surface area contributed by atoms with Crippen molar-refractivity contribution >= 4 is 39.2 Å². The van der Waals surface area contributed by atoms with Gasteiger partial charge in [0.05, 0.1) is 11.1 Å². The van der Waals surface area contributed by atoms with Crippen LogP contribution in [0.2, 0.25) is 0 Å². The van der Waals surface area contributed by atoms with Gasteiger partial charge in [-0.05, 0) is 39.7 Å². The Labute approximate surface area is 156 Å². The highest BCUT2D eigenvalue weighted by Crippen LogP contribution is 2.28. The smallest absolute Gasteiger partial charge is 0.263 e. The molecule has 0 saturated carbocycles. The Balaban J connectivity index is 2.34. The molecule has 2 aromatic heterocycles. The summed E-state index contributed by atoms with van der Waals surface area (Å²) in [4.78, 5) is 31.5. The van der Waals surface area contributed by atoms with Gasteiger partial charge in [0, 0.05) is 17.0 Å². The molecule has 0 saturated heterocycles. The summed E-state index contributed by atoms with van der Waals surface area (Å²) in [5, 5.41) is 4.23. The predicted molar refractivity (Wildman–Crippen MR) is 107 cm³/mol. The molecule has 0 radical (unpaired) electrons. The summed E-state index contributed by atoms with van der Waals surface area (Å²) >= 11 is 2.81. The molecule has 1 amide bonds. The molecule has 5 nitrogen and oxygen atoms in total. The first-order valence-corrected chi connectivity index (χ1v) is 10.1. The van der Waals surface area contributed by atoms with Crippen molar-refractivity contribution in [2.24, 2.45) is 0 Å². The van der Waals surface area contributed by atoms with Gasteiger partial charge in [0.2, 0.25) is 5.91 Å². The van der Waals surface area contributed by atoms with Crippen LogP contribution >= 0.6 is 23.1 Å². The molecule has 136 valence electrons. The van der Waals surface area contributed by atoms with Gasteiger partial charge in [-0.2, -0.15) is 0 Å². The Morgan fingerprint density at radius 2 is 2.12 bits per heavy atom. The molecule has 0 aliphatic carbocycles. The number of rotatable bonds is 7. The van der Waals surface area contributed by atoms with Crippen LogP contribution in [0, 0.1) is 13.8 Å². The van der Waals surface area contributed by atoms with E-state index in [4.69, 9.17) is 0 Å². The fraction of sp³-hybridized carbons (Fsp3) is 0.500. The van der Waals surface area contributed by atoms with Gasteiger partial charge in [0.15, 0.2) is 5.16 Å². The molecule has 1 N–H and O–H groups in total. The van der Waals surface area contributed by atoms with Crippen molar-refractivity contribution < 1.29 is 4.79 Å². The molecule has 0 aliphatic heterocycles. The summed E-state index contributed by atoms with van der Waals surface area (Å²) in [5.41, 5.74) is 0.676.